The van der Waals surface area contributed by atoms with E-state index in [-0.39, 0.29) is 11.9 Å². The van der Waals surface area contributed by atoms with Gasteiger partial charge in [-0.15, -0.1) is 0 Å². The third kappa shape index (κ3) is 4.97. The van der Waals surface area contributed by atoms with Gasteiger partial charge in [0.1, 0.15) is 11.5 Å². The summed E-state index contributed by atoms with van der Waals surface area (Å²) >= 11 is 0. The van der Waals surface area contributed by atoms with Crippen molar-refractivity contribution in [1.82, 2.24) is 20.6 Å². The number of carbonyl (C=O) groups is 1. The molecule has 148 valence electrons. The number of anilines is 1. The zero-order chi connectivity index (χ0) is 19.9. The molecule has 0 unspecified atom stereocenters. The van der Waals surface area contributed by atoms with E-state index in [0.29, 0.717) is 12.2 Å². The molecule has 1 saturated heterocycles. The summed E-state index contributed by atoms with van der Waals surface area (Å²) in [7, 11) is 0. The van der Waals surface area contributed by atoms with Crippen molar-refractivity contribution in [1.29, 1.82) is 0 Å². The van der Waals surface area contributed by atoms with Gasteiger partial charge < -0.3 is 15.5 Å². The molecule has 4 rings (SSSR count). The number of nitrogens with zero attached hydrogens (tertiary/aromatic N) is 3. The van der Waals surface area contributed by atoms with E-state index in [1.807, 2.05) is 30.3 Å². The molecule has 2 aromatic heterocycles. The van der Waals surface area contributed by atoms with Crippen LogP contribution in [0.3, 0.4) is 0 Å². The lowest BCUT2D eigenvalue weighted by Crippen LogP contribution is -2.46. The fourth-order valence-corrected chi connectivity index (χ4v) is 3.55. The van der Waals surface area contributed by atoms with Crippen LogP contribution in [-0.4, -0.2) is 42.1 Å². The molecule has 6 heteroatoms. The van der Waals surface area contributed by atoms with Crippen molar-refractivity contribution in [2.75, 3.05) is 31.1 Å². The van der Waals surface area contributed by atoms with Crippen molar-refractivity contribution in [3.05, 3.63) is 89.9 Å². The summed E-state index contributed by atoms with van der Waals surface area (Å²) in [5.74, 6) is 0.699. The zero-order valence-electron chi connectivity index (χ0n) is 16.3. The molecular weight excluding hydrogens is 362 g/mol. The molecule has 2 N–H and O–H groups in total. The highest BCUT2D eigenvalue weighted by molar-refractivity contribution is 5.92. The maximum Gasteiger partial charge on any atom is 0.269 e. The molecule has 1 fully saturated rings. The molecule has 0 aliphatic carbocycles. The Morgan fingerprint density at radius 1 is 1.07 bits per heavy atom. The SMILES string of the molecule is O=C(NCCc1ccncc1)c1cccc(N2CCN[C@H](c3ccccc3)C2)n1. The molecular formula is C23H25N5O. The van der Waals surface area contributed by atoms with E-state index < -0.39 is 0 Å². The lowest BCUT2D eigenvalue weighted by molar-refractivity contribution is 0.0949. The first-order valence-corrected chi connectivity index (χ1v) is 9.97. The molecule has 1 aromatic carbocycles. The van der Waals surface area contributed by atoms with Crippen LogP contribution in [0, 0.1) is 0 Å². The van der Waals surface area contributed by atoms with Crippen LogP contribution in [0.4, 0.5) is 5.82 Å². The second-order valence-electron chi connectivity index (χ2n) is 7.11. The Kier molecular flexibility index (Phi) is 6.12. The van der Waals surface area contributed by atoms with Gasteiger partial charge in [-0.2, -0.15) is 0 Å². The Bertz CT molecular complexity index is 932. The topological polar surface area (TPSA) is 70.2 Å². The fourth-order valence-electron chi connectivity index (χ4n) is 3.55. The van der Waals surface area contributed by atoms with E-state index in [2.05, 4.69) is 49.8 Å². The highest BCUT2D eigenvalue weighted by atomic mass is 16.1. The summed E-state index contributed by atoms with van der Waals surface area (Å²) in [6.45, 7) is 3.13. The summed E-state index contributed by atoms with van der Waals surface area (Å²) in [4.78, 5) is 23.4. The van der Waals surface area contributed by atoms with Gasteiger partial charge in [-0.1, -0.05) is 36.4 Å². The molecule has 6 nitrogen and oxygen atoms in total. The average Bonchev–Trinajstić information content (AvgIpc) is 2.80. The summed E-state index contributed by atoms with van der Waals surface area (Å²) in [5, 5.41) is 6.52. The normalized spacial score (nSPS) is 16.4. The van der Waals surface area contributed by atoms with Crippen LogP contribution in [0.2, 0.25) is 0 Å². The number of piperazine rings is 1. The smallest absolute Gasteiger partial charge is 0.269 e. The molecule has 0 saturated carbocycles. The predicted molar refractivity (Wildman–Crippen MR) is 114 cm³/mol. The third-order valence-electron chi connectivity index (χ3n) is 5.12. The Balaban J connectivity index is 1.38. The monoisotopic (exact) mass is 387 g/mol. The number of rotatable bonds is 6. The number of hydrogen-bond donors (Lipinski definition) is 2. The quantitative estimate of drug-likeness (QED) is 0.680. The second-order valence-corrected chi connectivity index (χ2v) is 7.11. The van der Waals surface area contributed by atoms with Crippen LogP contribution in [0.15, 0.2) is 73.1 Å². The fraction of sp³-hybridized carbons (Fsp3) is 0.261. The highest BCUT2D eigenvalue weighted by Crippen LogP contribution is 2.21. The molecule has 0 radical (unpaired) electrons. The first-order chi connectivity index (χ1) is 14.3. The van der Waals surface area contributed by atoms with Crippen LogP contribution in [0.25, 0.3) is 0 Å². The summed E-state index contributed by atoms with van der Waals surface area (Å²) < 4.78 is 0. The van der Waals surface area contributed by atoms with Gasteiger partial charge in [-0.25, -0.2) is 4.98 Å². The minimum Gasteiger partial charge on any atom is -0.353 e. The van der Waals surface area contributed by atoms with Crippen molar-refractivity contribution in [3.8, 4) is 0 Å². The maximum atomic E-state index is 12.5. The minimum atomic E-state index is -0.143. The number of benzene rings is 1. The number of hydrogen-bond acceptors (Lipinski definition) is 5. The first kappa shape index (κ1) is 19.1. The van der Waals surface area contributed by atoms with Crippen LogP contribution in [-0.2, 0) is 6.42 Å². The van der Waals surface area contributed by atoms with E-state index in [4.69, 9.17) is 0 Å². The summed E-state index contributed by atoms with van der Waals surface area (Å²) in [5.41, 5.74) is 2.86. The van der Waals surface area contributed by atoms with E-state index in [0.717, 1.165) is 37.4 Å². The average molecular weight is 387 g/mol. The van der Waals surface area contributed by atoms with Gasteiger partial charge in [0, 0.05) is 44.6 Å². The van der Waals surface area contributed by atoms with Gasteiger partial charge in [-0.05, 0) is 41.8 Å². The van der Waals surface area contributed by atoms with Crippen LogP contribution in [0.1, 0.15) is 27.7 Å². The van der Waals surface area contributed by atoms with Crippen molar-refractivity contribution in [2.24, 2.45) is 0 Å². The molecule has 1 aliphatic heterocycles. The van der Waals surface area contributed by atoms with Gasteiger partial charge in [0.05, 0.1) is 0 Å². The lowest BCUT2D eigenvalue weighted by Gasteiger charge is -2.34. The maximum absolute atomic E-state index is 12.5. The van der Waals surface area contributed by atoms with Crippen LogP contribution in [0.5, 0.6) is 0 Å². The zero-order valence-corrected chi connectivity index (χ0v) is 16.3. The van der Waals surface area contributed by atoms with Gasteiger partial charge in [0.15, 0.2) is 0 Å². The Labute approximate surface area is 171 Å². The minimum absolute atomic E-state index is 0.143. The molecule has 3 heterocycles. The molecule has 1 atom stereocenters. The largest absolute Gasteiger partial charge is 0.353 e. The molecule has 3 aromatic rings. The van der Waals surface area contributed by atoms with Gasteiger partial charge in [-0.3, -0.25) is 9.78 Å². The van der Waals surface area contributed by atoms with E-state index >= 15 is 0 Å². The van der Waals surface area contributed by atoms with Crippen molar-refractivity contribution < 1.29 is 4.79 Å². The Morgan fingerprint density at radius 3 is 2.72 bits per heavy atom. The molecule has 0 bridgehead atoms. The number of aromatic nitrogens is 2. The first-order valence-electron chi connectivity index (χ1n) is 9.97. The molecule has 0 spiro atoms. The standard InChI is InChI=1S/C23H25N5O/c29-23(26-14-11-18-9-12-24-13-10-18)20-7-4-8-22(27-20)28-16-15-25-21(17-28)19-5-2-1-3-6-19/h1-10,12-13,21,25H,11,14-17H2,(H,26,29)/t21-/m0/s1. The summed E-state index contributed by atoms with van der Waals surface area (Å²) in [6, 6.07) is 20.2. The number of nitrogens with one attached hydrogen (secondary N) is 2. The van der Waals surface area contributed by atoms with Gasteiger partial charge in [0.2, 0.25) is 0 Å². The lowest BCUT2D eigenvalue weighted by atomic mass is 10.0. The van der Waals surface area contributed by atoms with Gasteiger partial charge in [0.25, 0.3) is 5.91 Å². The predicted octanol–water partition coefficient (Wildman–Crippen LogP) is 2.60. The van der Waals surface area contributed by atoms with Crippen LogP contribution < -0.4 is 15.5 Å². The third-order valence-corrected chi connectivity index (χ3v) is 5.12. The van der Waals surface area contributed by atoms with Crippen LogP contribution >= 0.6 is 0 Å². The number of amides is 1. The van der Waals surface area contributed by atoms with E-state index in [1.165, 1.54) is 5.56 Å². The molecule has 1 amide bonds. The van der Waals surface area contributed by atoms with Gasteiger partial charge >= 0.3 is 0 Å². The van der Waals surface area contributed by atoms with E-state index in [9.17, 15) is 4.79 Å². The molecule has 1 aliphatic rings. The van der Waals surface area contributed by atoms with E-state index in [1.54, 1.807) is 18.5 Å². The number of carbonyl (C=O) groups excluding carboxylic acids is 1. The second kappa shape index (κ2) is 9.30. The highest BCUT2D eigenvalue weighted by Gasteiger charge is 2.22. The Morgan fingerprint density at radius 2 is 1.90 bits per heavy atom. The van der Waals surface area contributed by atoms with Crippen molar-refractivity contribution >= 4 is 11.7 Å². The van der Waals surface area contributed by atoms with Crippen molar-refractivity contribution in [3.63, 3.8) is 0 Å². The number of pyridine rings is 2. The molecule has 29 heavy (non-hydrogen) atoms. The Hall–Kier alpha value is -3.25. The van der Waals surface area contributed by atoms with Crippen molar-refractivity contribution in [2.45, 2.75) is 12.5 Å². The summed E-state index contributed by atoms with van der Waals surface area (Å²) in [6.07, 6.45) is 4.29.